The number of fused-ring (bicyclic) bond motifs is 1. The lowest BCUT2D eigenvalue weighted by Gasteiger charge is -2.35. The Morgan fingerprint density at radius 2 is 2.07 bits per heavy atom. The molecule has 1 saturated carbocycles. The van der Waals surface area contributed by atoms with E-state index in [0.29, 0.717) is 6.04 Å². The molecule has 1 unspecified atom stereocenters. The summed E-state index contributed by atoms with van der Waals surface area (Å²) in [6, 6.07) is 10.2. The molecular formula is C13H17NS. The monoisotopic (exact) mass is 219 g/mol. The van der Waals surface area contributed by atoms with Crippen molar-refractivity contribution in [3.05, 3.63) is 29.8 Å². The van der Waals surface area contributed by atoms with Gasteiger partial charge in [0.05, 0.1) is 0 Å². The number of hydrogen-bond donors (Lipinski definition) is 1. The first-order valence-electron chi connectivity index (χ1n) is 5.80. The molecule has 3 rings (SSSR count). The van der Waals surface area contributed by atoms with E-state index in [-0.39, 0.29) is 0 Å². The predicted octanol–water partition coefficient (Wildman–Crippen LogP) is 3.22. The Kier molecular flexibility index (Phi) is 2.49. The molecular weight excluding hydrogens is 202 g/mol. The van der Waals surface area contributed by atoms with Crippen LogP contribution >= 0.6 is 11.8 Å². The Hall–Kier alpha value is -0.470. The van der Waals surface area contributed by atoms with Crippen molar-refractivity contribution in [3.8, 4) is 0 Å². The highest BCUT2D eigenvalue weighted by Gasteiger charge is 2.30. The first-order chi connectivity index (χ1) is 7.33. The lowest BCUT2D eigenvalue weighted by Crippen LogP contribution is -2.42. The second kappa shape index (κ2) is 3.84. The van der Waals surface area contributed by atoms with Crippen LogP contribution in [0.3, 0.4) is 0 Å². The van der Waals surface area contributed by atoms with Crippen LogP contribution in [0.2, 0.25) is 0 Å². The van der Waals surface area contributed by atoms with Gasteiger partial charge in [0.1, 0.15) is 0 Å². The molecule has 1 aliphatic carbocycles. The summed E-state index contributed by atoms with van der Waals surface area (Å²) in [5.41, 5.74) is 1.52. The van der Waals surface area contributed by atoms with Gasteiger partial charge in [-0.15, -0.1) is 11.8 Å². The number of nitrogens with one attached hydrogen (secondary N) is 1. The third kappa shape index (κ3) is 1.81. The zero-order valence-electron chi connectivity index (χ0n) is 9.07. The number of rotatable bonds is 2. The van der Waals surface area contributed by atoms with Crippen LogP contribution in [-0.4, -0.2) is 11.8 Å². The standard InChI is InChI=1S/C13H17NS/c1-9-6-10(7-9)14-12-8-15-13-5-3-2-4-11(12)13/h2-5,9-10,12,14H,6-8H2,1H3. The molecule has 80 valence electrons. The van der Waals surface area contributed by atoms with Crippen molar-refractivity contribution in [2.24, 2.45) is 5.92 Å². The van der Waals surface area contributed by atoms with E-state index < -0.39 is 0 Å². The molecule has 1 heterocycles. The molecule has 1 aliphatic heterocycles. The SMILES string of the molecule is CC1CC(NC2CSc3ccccc32)C1. The number of thioether (sulfide) groups is 1. The van der Waals surface area contributed by atoms with Crippen LogP contribution in [0.1, 0.15) is 31.4 Å². The molecule has 0 amide bonds. The first kappa shape index (κ1) is 9.73. The zero-order chi connectivity index (χ0) is 10.3. The van der Waals surface area contributed by atoms with Gasteiger partial charge in [0.15, 0.2) is 0 Å². The van der Waals surface area contributed by atoms with Crippen LogP contribution < -0.4 is 5.32 Å². The highest BCUT2D eigenvalue weighted by molar-refractivity contribution is 7.99. The van der Waals surface area contributed by atoms with Crippen molar-refractivity contribution in [1.29, 1.82) is 0 Å². The van der Waals surface area contributed by atoms with Crippen molar-refractivity contribution in [1.82, 2.24) is 5.32 Å². The largest absolute Gasteiger partial charge is 0.306 e. The van der Waals surface area contributed by atoms with Crippen LogP contribution in [0, 0.1) is 5.92 Å². The van der Waals surface area contributed by atoms with E-state index >= 15 is 0 Å². The Labute approximate surface area is 95.6 Å². The highest BCUT2D eigenvalue weighted by atomic mass is 32.2. The summed E-state index contributed by atoms with van der Waals surface area (Å²) in [6.07, 6.45) is 2.73. The van der Waals surface area contributed by atoms with E-state index in [2.05, 4.69) is 36.5 Å². The van der Waals surface area contributed by atoms with Gasteiger partial charge in [-0.3, -0.25) is 0 Å². The van der Waals surface area contributed by atoms with Gasteiger partial charge in [0.25, 0.3) is 0 Å². The minimum absolute atomic E-state index is 0.601. The summed E-state index contributed by atoms with van der Waals surface area (Å²) in [4.78, 5) is 1.47. The van der Waals surface area contributed by atoms with Crippen LogP contribution in [0.15, 0.2) is 29.2 Å². The van der Waals surface area contributed by atoms with Crippen molar-refractivity contribution < 1.29 is 0 Å². The van der Waals surface area contributed by atoms with E-state index in [4.69, 9.17) is 0 Å². The Morgan fingerprint density at radius 1 is 1.27 bits per heavy atom. The third-order valence-electron chi connectivity index (χ3n) is 3.51. The van der Waals surface area contributed by atoms with Gasteiger partial charge in [0.2, 0.25) is 0 Å². The molecule has 1 atom stereocenters. The van der Waals surface area contributed by atoms with Crippen LogP contribution in [0.4, 0.5) is 0 Å². The summed E-state index contributed by atoms with van der Waals surface area (Å²) in [6.45, 7) is 2.34. The first-order valence-corrected chi connectivity index (χ1v) is 6.79. The quantitative estimate of drug-likeness (QED) is 0.819. The molecule has 0 saturated heterocycles. The molecule has 0 radical (unpaired) electrons. The Bertz CT molecular complexity index is 357. The van der Waals surface area contributed by atoms with E-state index in [0.717, 1.165) is 12.0 Å². The third-order valence-corrected chi connectivity index (χ3v) is 4.69. The summed E-state index contributed by atoms with van der Waals surface area (Å²) in [5.74, 6) is 2.15. The molecule has 1 aromatic carbocycles. The van der Waals surface area contributed by atoms with E-state index in [1.807, 2.05) is 11.8 Å². The molecule has 1 fully saturated rings. The molecule has 2 heteroatoms. The normalized spacial score (nSPS) is 33.5. The predicted molar refractivity (Wildman–Crippen MR) is 65.2 cm³/mol. The molecule has 1 N–H and O–H groups in total. The Morgan fingerprint density at radius 3 is 2.87 bits per heavy atom. The summed E-state index contributed by atoms with van der Waals surface area (Å²) < 4.78 is 0. The molecule has 15 heavy (non-hydrogen) atoms. The van der Waals surface area contributed by atoms with Crippen LogP contribution in [-0.2, 0) is 0 Å². The lowest BCUT2D eigenvalue weighted by molar-refractivity contribution is 0.227. The maximum atomic E-state index is 3.78. The van der Waals surface area contributed by atoms with Gasteiger partial charge in [-0.05, 0) is 30.4 Å². The molecule has 1 aromatic rings. The zero-order valence-corrected chi connectivity index (χ0v) is 9.89. The molecule has 1 nitrogen and oxygen atoms in total. The van der Waals surface area contributed by atoms with E-state index in [1.54, 1.807) is 0 Å². The van der Waals surface area contributed by atoms with Crippen molar-refractivity contribution >= 4 is 11.8 Å². The Balaban J connectivity index is 1.69. The number of hydrogen-bond acceptors (Lipinski definition) is 2. The van der Waals surface area contributed by atoms with Gasteiger partial charge in [-0.2, -0.15) is 0 Å². The van der Waals surface area contributed by atoms with Crippen molar-refractivity contribution in [2.45, 2.75) is 36.7 Å². The summed E-state index contributed by atoms with van der Waals surface area (Å²) >= 11 is 1.99. The van der Waals surface area contributed by atoms with E-state index in [9.17, 15) is 0 Å². The summed E-state index contributed by atoms with van der Waals surface area (Å²) in [7, 11) is 0. The average Bonchev–Trinajstić information content (AvgIpc) is 2.60. The average molecular weight is 219 g/mol. The van der Waals surface area contributed by atoms with E-state index in [1.165, 1.54) is 29.1 Å². The maximum absolute atomic E-state index is 3.78. The summed E-state index contributed by atoms with van der Waals surface area (Å²) in [5, 5.41) is 3.78. The van der Waals surface area contributed by atoms with Crippen LogP contribution in [0.25, 0.3) is 0 Å². The van der Waals surface area contributed by atoms with Crippen molar-refractivity contribution in [2.75, 3.05) is 5.75 Å². The molecule has 0 aromatic heterocycles. The topological polar surface area (TPSA) is 12.0 Å². The van der Waals surface area contributed by atoms with Crippen molar-refractivity contribution in [3.63, 3.8) is 0 Å². The molecule has 0 spiro atoms. The van der Waals surface area contributed by atoms with Gasteiger partial charge < -0.3 is 5.32 Å². The van der Waals surface area contributed by atoms with Gasteiger partial charge in [0, 0.05) is 22.7 Å². The minimum atomic E-state index is 0.601. The smallest absolute Gasteiger partial charge is 0.0428 e. The second-order valence-corrected chi connectivity index (χ2v) is 5.90. The van der Waals surface area contributed by atoms with Crippen LogP contribution in [0.5, 0.6) is 0 Å². The maximum Gasteiger partial charge on any atom is 0.0428 e. The fourth-order valence-electron chi connectivity index (χ4n) is 2.62. The highest BCUT2D eigenvalue weighted by Crippen LogP contribution is 2.39. The molecule has 0 bridgehead atoms. The molecule has 2 aliphatic rings. The minimum Gasteiger partial charge on any atom is -0.306 e. The second-order valence-electron chi connectivity index (χ2n) is 4.84. The fourth-order valence-corrected chi connectivity index (χ4v) is 3.80. The van der Waals surface area contributed by atoms with Gasteiger partial charge >= 0.3 is 0 Å². The fraction of sp³-hybridized carbons (Fsp3) is 0.538. The van der Waals surface area contributed by atoms with Gasteiger partial charge in [-0.1, -0.05) is 25.1 Å². The number of benzene rings is 1. The van der Waals surface area contributed by atoms with Gasteiger partial charge in [-0.25, -0.2) is 0 Å². The lowest BCUT2D eigenvalue weighted by atomic mass is 9.81.